The molecule has 3 aromatic carbocycles. The topological polar surface area (TPSA) is 138 Å². The highest BCUT2D eigenvalue weighted by atomic mass is 16.6. The first-order valence-electron chi connectivity index (χ1n) is 11.6. The van der Waals surface area contributed by atoms with E-state index < -0.39 is 22.9 Å². The Labute approximate surface area is 213 Å². The SMILES string of the molecule is CC(Oc1ccc(C(C)C)cc1)C(=O)Oc1ccc2c(c1)OC(N)=C(C#N)C2c1ccc([N+](=O)[O-])cc1. The molecule has 0 amide bonds. The molecule has 0 saturated heterocycles. The number of nitro benzene ring substituents is 1. The molecule has 188 valence electrons. The minimum atomic E-state index is -0.870. The molecule has 1 aliphatic heterocycles. The lowest BCUT2D eigenvalue weighted by molar-refractivity contribution is -0.384. The van der Waals surface area contributed by atoms with Crippen molar-refractivity contribution in [1.29, 1.82) is 5.26 Å². The van der Waals surface area contributed by atoms with Gasteiger partial charge in [-0.2, -0.15) is 5.26 Å². The normalized spacial score (nSPS) is 15.3. The number of ether oxygens (including phenoxy) is 3. The van der Waals surface area contributed by atoms with E-state index in [-0.39, 0.29) is 22.9 Å². The van der Waals surface area contributed by atoms with Gasteiger partial charge in [0.15, 0.2) is 6.10 Å². The first-order valence-corrected chi connectivity index (χ1v) is 11.6. The molecule has 9 nitrogen and oxygen atoms in total. The number of fused-ring (bicyclic) bond motifs is 1. The van der Waals surface area contributed by atoms with Crippen molar-refractivity contribution in [2.75, 3.05) is 0 Å². The molecule has 0 bridgehead atoms. The molecule has 0 aliphatic carbocycles. The Morgan fingerprint density at radius 2 is 1.70 bits per heavy atom. The molecule has 2 N–H and O–H groups in total. The van der Waals surface area contributed by atoms with Gasteiger partial charge in [-0.3, -0.25) is 10.1 Å². The molecule has 2 unspecified atom stereocenters. The van der Waals surface area contributed by atoms with E-state index >= 15 is 0 Å². The fourth-order valence-electron chi connectivity index (χ4n) is 4.01. The van der Waals surface area contributed by atoms with E-state index in [2.05, 4.69) is 19.9 Å². The summed E-state index contributed by atoms with van der Waals surface area (Å²) in [5.74, 6) is 0.162. The summed E-state index contributed by atoms with van der Waals surface area (Å²) in [7, 11) is 0. The van der Waals surface area contributed by atoms with Crippen molar-refractivity contribution in [2.24, 2.45) is 5.73 Å². The molecule has 1 heterocycles. The average molecular weight is 500 g/mol. The van der Waals surface area contributed by atoms with Crippen LogP contribution in [0.4, 0.5) is 5.69 Å². The number of esters is 1. The number of allylic oxidation sites excluding steroid dienone is 1. The first-order chi connectivity index (χ1) is 17.7. The summed E-state index contributed by atoms with van der Waals surface area (Å²) >= 11 is 0. The number of non-ortho nitro benzene ring substituents is 1. The molecular weight excluding hydrogens is 474 g/mol. The van der Waals surface area contributed by atoms with Crippen LogP contribution in [0.25, 0.3) is 0 Å². The Hall–Kier alpha value is -4.84. The average Bonchev–Trinajstić information content (AvgIpc) is 2.88. The van der Waals surface area contributed by atoms with Crippen LogP contribution in [0, 0.1) is 21.4 Å². The Balaban J connectivity index is 1.53. The van der Waals surface area contributed by atoms with Crippen molar-refractivity contribution < 1.29 is 23.9 Å². The van der Waals surface area contributed by atoms with Crippen LogP contribution < -0.4 is 19.9 Å². The summed E-state index contributed by atoms with van der Waals surface area (Å²) in [4.78, 5) is 23.2. The third-order valence-corrected chi connectivity index (χ3v) is 6.04. The number of carbonyl (C=O) groups is 1. The Bertz CT molecular complexity index is 1410. The molecule has 3 aromatic rings. The lowest BCUT2D eigenvalue weighted by atomic mass is 9.83. The number of nitrogens with two attached hydrogens (primary N) is 1. The van der Waals surface area contributed by atoms with Gasteiger partial charge in [-0.05, 0) is 42.2 Å². The number of rotatable bonds is 7. The van der Waals surface area contributed by atoms with Gasteiger partial charge in [0.2, 0.25) is 5.88 Å². The zero-order valence-electron chi connectivity index (χ0n) is 20.5. The van der Waals surface area contributed by atoms with E-state index in [1.807, 2.05) is 24.3 Å². The summed E-state index contributed by atoms with van der Waals surface area (Å²) in [6, 6.07) is 20.2. The second-order valence-electron chi connectivity index (χ2n) is 8.88. The molecular formula is C28H25N3O6. The van der Waals surface area contributed by atoms with E-state index in [0.717, 1.165) is 5.56 Å². The summed E-state index contributed by atoms with van der Waals surface area (Å²) in [6.45, 7) is 5.78. The standard InChI is InChI=1S/C28H25N3O6/c1-16(2)18-6-10-21(11-7-18)35-17(3)28(32)36-22-12-13-23-25(14-22)37-27(30)24(15-29)26(23)19-4-8-20(9-5-19)31(33)34/h4-14,16-17,26H,30H2,1-3H3. The van der Waals surface area contributed by atoms with Crippen LogP contribution in [0.15, 0.2) is 78.2 Å². The molecule has 0 saturated carbocycles. The van der Waals surface area contributed by atoms with Crippen LogP contribution in [-0.4, -0.2) is 17.0 Å². The quantitative estimate of drug-likeness (QED) is 0.200. The molecule has 37 heavy (non-hydrogen) atoms. The van der Waals surface area contributed by atoms with Gasteiger partial charge >= 0.3 is 5.97 Å². The zero-order valence-corrected chi connectivity index (χ0v) is 20.5. The second-order valence-corrected chi connectivity index (χ2v) is 8.88. The highest BCUT2D eigenvalue weighted by Crippen LogP contribution is 2.43. The van der Waals surface area contributed by atoms with Crippen LogP contribution in [0.5, 0.6) is 17.2 Å². The second kappa shape index (κ2) is 10.4. The van der Waals surface area contributed by atoms with E-state index in [0.29, 0.717) is 28.5 Å². The number of hydrogen-bond acceptors (Lipinski definition) is 8. The summed E-state index contributed by atoms with van der Waals surface area (Å²) in [5.41, 5.74) is 8.53. The van der Waals surface area contributed by atoms with Crippen LogP contribution in [0.2, 0.25) is 0 Å². The summed E-state index contributed by atoms with van der Waals surface area (Å²) < 4.78 is 16.9. The minimum absolute atomic E-state index is 0.0686. The number of benzene rings is 3. The highest BCUT2D eigenvalue weighted by molar-refractivity contribution is 5.77. The fraction of sp³-hybridized carbons (Fsp3) is 0.214. The largest absolute Gasteiger partial charge is 0.479 e. The predicted molar refractivity (Wildman–Crippen MR) is 135 cm³/mol. The first kappa shape index (κ1) is 25.3. The zero-order chi connectivity index (χ0) is 26.7. The Kier molecular flexibility index (Phi) is 7.11. The molecule has 0 radical (unpaired) electrons. The van der Waals surface area contributed by atoms with E-state index in [1.165, 1.54) is 18.2 Å². The lowest BCUT2D eigenvalue weighted by Crippen LogP contribution is -2.28. The molecule has 0 spiro atoms. The Morgan fingerprint density at radius 1 is 1.05 bits per heavy atom. The highest BCUT2D eigenvalue weighted by Gasteiger charge is 2.31. The van der Waals surface area contributed by atoms with E-state index in [1.54, 1.807) is 31.2 Å². The number of nitro groups is 1. The minimum Gasteiger partial charge on any atom is -0.479 e. The van der Waals surface area contributed by atoms with Crippen LogP contribution in [0.3, 0.4) is 0 Å². The van der Waals surface area contributed by atoms with E-state index in [4.69, 9.17) is 19.9 Å². The number of hydrogen-bond donors (Lipinski definition) is 1. The molecule has 9 heteroatoms. The van der Waals surface area contributed by atoms with Crippen molar-refractivity contribution in [1.82, 2.24) is 0 Å². The number of nitriles is 1. The van der Waals surface area contributed by atoms with Crippen molar-refractivity contribution in [2.45, 2.75) is 38.7 Å². The molecule has 1 aliphatic rings. The van der Waals surface area contributed by atoms with Gasteiger partial charge in [0.1, 0.15) is 28.9 Å². The molecule has 0 aromatic heterocycles. The van der Waals surface area contributed by atoms with Crippen LogP contribution in [-0.2, 0) is 4.79 Å². The third kappa shape index (κ3) is 5.38. The Morgan fingerprint density at radius 3 is 2.30 bits per heavy atom. The molecule has 0 fully saturated rings. The predicted octanol–water partition coefficient (Wildman–Crippen LogP) is 5.31. The van der Waals surface area contributed by atoms with Gasteiger partial charge in [0.25, 0.3) is 5.69 Å². The monoisotopic (exact) mass is 499 g/mol. The van der Waals surface area contributed by atoms with Crippen LogP contribution >= 0.6 is 0 Å². The lowest BCUT2D eigenvalue weighted by Gasteiger charge is -2.26. The van der Waals surface area contributed by atoms with Gasteiger partial charge in [-0.1, -0.05) is 44.2 Å². The maximum absolute atomic E-state index is 12.7. The van der Waals surface area contributed by atoms with Gasteiger partial charge in [-0.15, -0.1) is 0 Å². The maximum Gasteiger partial charge on any atom is 0.352 e. The van der Waals surface area contributed by atoms with E-state index in [9.17, 15) is 20.2 Å². The van der Waals surface area contributed by atoms with Crippen molar-refractivity contribution in [3.63, 3.8) is 0 Å². The van der Waals surface area contributed by atoms with Gasteiger partial charge in [-0.25, -0.2) is 4.79 Å². The number of carbonyl (C=O) groups excluding carboxylic acids is 1. The number of nitrogens with zero attached hydrogens (tertiary/aromatic N) is 2. The van der Waals surface area contributed by atoms with Crippen LogP contribution in [0.1, 0.15) is 49.3 Å². The summed E-state index contributed by atoms with van der Waals surface area (Å²) in [5, 5.41) is 20.7. The van der Waals surface area contributed by atoms with Crippen molar-refractivity contribution in [3.8, 4) is 23.3 Å². The van der Waals surface area contributed by atoms with Crippen molar-refractivity contribution >= 4 is 11.7 Å². The van der Waals surface area contributed by atoms with Gasteiger partial charge in [0.05, 0.1) is 10.8 Å². The summed E-state index contributed by atoms with van der Waals surface area (Å²) in [6.07, 6.45) is -0.870. The van der Waals surface area contributed by atoms with Gasteiger partial charge in [0, 0.05) is 23.8 Å². The maximum atomic E-state index is 12.7. The smallest absolute Gasteiger partial charge is 0.352 e. The fourth-order valence-corrected chi connectivity index (χ4v) is 4.01. The molecule has 2 atom stereocenters. The van der Waals surface area contributed by atoms with Gasteiger partial charge < -0.3 is 19.9 Å². The third-order valence-electron chi connectivity index (χ3n) is 6.04. The molecule has 4 rings (SSSR count). The van der Waals surface area contributed by atoms with Crippen molar-refractivity contribution in [3.05, 3.63) is 105 Å².